The predicted octanol–water partition coefficient (Wildman–Crippen LogP) is 0.267. The van der Waals surface area contributed by atoms with E-state index in [0.717, 1.165) is 0 Å². The summed E-state index contributed by atoms with van der Waals surface area (Å²) in [5.74, 6) is 0.125. The first-order chi connectivity index (χ1) is 11.4. The Morgan fingerprint density at radius 1 is 1.33 bits per heavy atom. The normalized spacial score (nSPS) is 16.5. The van der Waals surface area contributed by atoms with Crippen LogP contribution in [0.2, 0.25) is 0 Å². The molecule has 8 nitrogen and oxygen atoms in total. The van der Waals surface area contributed by atoms with Crippen LogP contribution in [0.1, 0.15) is 13.8 Å². The van der Waals surface area contributed by atoms with E-state index in [2.05, 4.69) is 10.4 Å². The van der Waals surface area contributed by atoms with Gasteiger partial charge in [-0.2, -0.15) is 5.10 Å². The highest BCUT2D eigenvalue weighted by atomic mass is 16.5. The Bertz CT molecular complexity index is 556. The van der Waals surface area contributed by atoms with Gasteiger partial charge >= 0.3 is 0 Å². The summed E-state index contributed by atoms with van der Waals surface area (Å²) in [6.45, 7) is 6.56. The van der Waals surface area contributed by atoms with Crippen LogP contribution in [0.5, 0.6) is 0 Å². The first-order valence-corrected chi connectivity index (χ1v) is 8.23. The van der Waals surface area contributed by atoms with Gasteiger partial charge in [0.2, 0.25) is 11.8 Å². The number of morpholine rings is 1. The highest BCUT2D eigenvalue weighted by molar-refractivity contribution is 5.94. The molecule has 8 heteroatoms. The molecule has 1 aromatic heterocycles. The Hall–Kier alpha value is -1.93. The van der Waals surface area contributed by atoms with Gasteiger partial charge in [-0.1, -0.05) is 13.8 Å². The summed E-state index contributed by atoms with van der Waals surface area (Å²) in [5.41, 5.74) is 0.599. The lowest BCUT2D eigenvalue weighted by Gasteiger charge is -2.26. The van der Waals surface area contributed by atoms with Crippen LogP contribution in [-0.2, 0) is 20.9 Å². The van der Waals surface area contributed by atoms with Crippen molar-refractivity contribution >= 4 is 17.5 Å². The van der Waals surface area contributed by atoms with E-state index in [-0.39, 0.29) is 30.3 Å². The maximum atomic E-state index is 12.4. The lowest BCUT2D eigenvalue weighted by atomic mass is 10.0. The molecular weight excluding hydrogens is 310 g/mol. The summed E-state index contributed by atoms with van der Waals surface area (Å²) in [4.78, 5) is 28.3. The molecule has 1 N–H and O–H groups in total. The molecule has 1 aliphatic heterocycles. The topological polar surface area (TPSA) is 79.7 Å². The molecule has 1 atom stereocenters. The first-order valence-electron chi connectivity index (χ1n) is 8.23. The number of hydrogen-bond donors (Lipinski definition) is 1. The number of amides is 2. The number of rotatable bonds is 6. The van der Waals surface area contributed by atoms with Gasteiger partial charge in [-0.05, 0) is 20.0 Å². The van der Waals surface area contributed by atoms with E-state index in [0.29, 0.717) is 32.0 Å². The molecule has 0 spiro atoms. The van der Waals surface area contributed by atoms with Gasteiger partial charge in [-0.3, -0.25) is 19.2 Å². The van der Waals surface area contributed by atoms with Crippen LogP contribution in [0.4, 0.5) is 5.69 Å². The molecule has 2 heterocycles. The van der Waals surface area contributed by atoms with Crippen molar-refractivity contribution in [2.45, 2.75) is 26.4 Å². The first kappa shape index (κ1) is 18.4. The molecule has 0 aliphatic carbocycles. The Labute approximate surface area is 142 Å². The van der Waals surface area contributed by atoms with Crippen molar-refractivity contribution in [3.05, 3.63) is 12.4 Å². The molecule has 1 aromatic rings. The van der Waals surface area contributed by atoms with E-state index < -0.39 is 0 Å². The Balaban J connectivity index is 1.92. The van der Waals surface area contributed by atoms with Crippen LogP contribution in [0.15, 0.2) is 12.4 Å². The smallest absolute Gasteiger partial charge is 0.244 e. The summed E-state index contributed by atoms with van der Waals surface area (Å²) in [6.07, 6.45) is 3.25. The number of aromatic nitrogens is 2. The Morgan fingerprint density at radius 3 is 2.58 bits per heavy atom. The standard InChI is InChI=1S/C16H27N5O3/c1-12(2)15(19(3)4)16(23)18-13-9-17-21(10-13)11-14(22)20-5-7-24-8-6-20/h9-10,12,15H,5-8,11H2,1-4H3,(H,18,23)/t15-/m0/s1. The molecule has 0 unspecified atom stereocenters. The largest absolute Gasteiger partial charge is 0.378 e. The van der Waals surface area contributed by atoms with Crippen LogP contribution >= 0.6 is 0 Å². The van der Waals surface area contributed by atoms with Gasteiger partial charge < -0.3 is 15.0 Å². The fraction of sp³-hybridized carbons (Fsp3) is 0.688. The molecule has 1 aliphatic rings. The number of anilines is 1. The summed E-state index contributed by atoms with van der Waals surface area (Å²) in [6, 6.07) is -0.219. The molecule has 0 bridgehead atoms. The van der Waals surface area contributed by atoms with Gasteiger partial charge in [0, 0.05) is 19.3 Å². The fourth-order valence-corrected chi connectivity index (χ4v) is 2.92. The number of hydrogen-bond acceptors (Lipinski definition) is 5. The highest BCUT2D eigenvalue weighted by Gasteiger charge is 2.24. The third-order valence-corrected chi connectivity index (χ3v) is 4.02. The van der Waals surface area contributed by atoms with Crippen molar-refractivity contribution in [1.29, 1.82) is 0 Å². The maximum absolute atomic E-state index is 12.4. The van der Waals surface area contributed by atoms with Crippen molar-refractivity contribution < 1.29 is 14.3 Å². The predicted molar refractivity (Wildman–Crippen MR) is 90.6 cm³/mol. The number of nitrogens with zero attached hydrogens (tertiary/aromatic N) is 4. The third-order valence-electron chi connectivity index (χ3n) is 4.02. The van der Waals surface area contributed by atoms with Crippen LogP contribution in [0, 0.1) is 5.92 Å². The highest BCUT2D eigenvalue weighted by Crippen LogP contribution is 2.12. The second-order valence-corrected chi connectivity index (χ2v) is 6.56. The molecule has 0 saturated carbocycles. The molecule has 2 rings (SSSR count). The van der Waals surface area contributed by atoms with Crippen molar-refractivity contribution in [2.75, 3.05) is 45.7 Å². The van der Waals surface area contributed by atoms with Crippen molar-refractivity contribution in [1.82, 2.24) is 19.6 Å². The zero-order valence-electron chi connectivity index (χ0n) is 14.9. The van der Waals surface area contributed by atoms with E-state index in [1.807, 2.05) is 32.8 Å². The van der Waals surface area contributed by atoms with Gasteiger partial charge in [0.05, 0.1) is 31.1 Å². The summed E-state index contributed by atoms with van der Waals surface area (Å²) in [7, 11) is 3.77. The van der Waals surface area contributed by atoms with Crippen LogP contribution in [-0.4, -0.2) is 77.8 Å². The van der Waals surface area contributed by atoms with E-state index in [1.165, 1.54) is 0 Å². The van der Waals surface area contributed by atoms with Crippen LogP contribution in [0.25, 0.3) is 0 Å². The fourth-order valence-electron chi connectivity index (χ4n) is 2.92. The molecule has 24 heavy (non-hydrogen) atoms. The second-order valence-electron chi connectivity index (χ2n) is 6.56. The molecular formula is C16H27N5O3. The number of carbonyl (C=O) groups is 2. The molecule has 0 aromatic carbocycles. The lowest BCUT2D eigenvalue weighted by Crippen LogP contribution is -2.43. The van der Waals surface area contributed by atoms with Gasteiger partial charge in [-0.15, -0.1) is 0 Å². The Morgan fingerprint density at radius 2 is 2.00 bits per heavy atom. The average molecular weight is 337 g/mol. The second kappa shape index (κ2) is 8.25. The average Bonchev–Trinajstić information content (AvgIpc) is 2.94. The van der Waals surface area contributed by atoms with Crippen molar-refractivity contribution in [3.63, 3.8) is 0 Å². The molecule has 134 valence electrons. The third kappa shape index (κ3) is 4.78. The summed E-state index contributed by atoms with van der Waals surface area (Å²) in [5, 5.41) is 7.03. The minimum Gasteiger partial charge on any atom is -0.378 e. The molecule has 1 fully saturated rings. The van der Waals surface area contributed by atoms with Crippen molar-refractivity contribution in [3.8, 4) is 0 Å². The molecule has 2 amide bonds. The van der Waals surface area contributed by atoms with Gasteiger partial charge in [0.25, 0.3) is 0 Å². The maximum Gasteiger partial charge on any atom is 0.244 e. The van der Waals surface area contributed by atoms with E-state index in [9.17, 15) is 9.59 Å². The monoisotopic (exact) mass is 337 g/mol. The van der Waals surface area contributed by atoms with E-state index >= 15 is 0 Å². The zero-order chi connectivity index (χ0) is 17.7. The zero-order valence-corrected chi connectivity index (χ0v) is 14.9. The minimum atomic E-state index is -0.219. The van der Waals surface area contributed by atoms with E-state index in [4.69, 9.17) is 4.74 Å². The van der Waals surface area contributed by atoms with Gasteiger partial charge in [0.15, 0.2) is 0 Å². The quantitative estimate of drug-likeness (QED) is 0.806. The number of ether oxygens (including phenoxy) is 1. The SMILES string of the molecule is CC(C)[C@@H](C(=O)Nc1cnn(CC(=O)N2CCOCC2)c1)N(C)C. The van der Waals surface area contributed by atoms with Crippen LogP contribution in [0.3, 0.4) is 0 Å². The van der Waals surface area contributed by atoms with E-state index in [1.54, 1.807) is 22.0 Å². The van der Waals surface area contributed by atoms with Crippen molar-refractivity contribution in [2.24, 2.45) is 5.92 Å². The molecule has 0 radical (unpaired) electrons. The molecule has 1 saturated heterocycles. The van der Waals surface area contributed by atoms with Gasteiger partial charge in [-0.25, -0.2) is 0 Å². The lowest BCUT2D eigenvalue weighted by molar-refractivity contribution is -0.136. The Kier molecular flexibility index (Phi) is 6.33. The number of carbonyl (C=O) groups excluding carboxylic acids is 2. The summed E-state index contributed by atoms with van der Waals surface area (Å²) >= 11 is 0. The summed E-state index contributed by atoms with van der Waals surface area (Å²) < 4.78 is 6.79. The van der Waals surface area contributed by atoms with Gasteiger partial charge in [0.1, 0.15) is 6.54 Å². The number of nitrogens with one attached hydrogen (secondary N) is 1. The minimum absolute atomic E-state index is 0.00706. The van der Waals surface area contributed by atoms with Crippen LogP contribution < -0.4 is 5.32 Å². The number of likely N-dealkylation sites (N-methyl/N-ethyl adjacent to an activating group) is 1.